The molecule has 49 heavy (non-hydrogen) atoms. The van der Waals surface area contributed by atoms with E-state index in [1.807, 2.05) is 94.7 Å². The average molecular weight is 627 g/mol. The van der Waals surface area contributed by atoms with E-state index in [-0.39, 0.29) is 0 Å². The predicted molar refractivity (Wildman–Crippen MR) is 192 cm³/mol. The molecule has 0 aliphatic carbocycles. The summed E-state index contributed by atoms with van der Waals surface area (Å²) in [5, 5.41) is 31.3. The van der Waals surface area contributed by atoms with Crippen molar-refractivity contribution in [2.45, 2.75) is 0 Å². The van der Waals surface area contributed by atoms with Crippen molar-refractivity contribution in [3.8, 4) is 18.3 Å². The highest BCUT2D eigenvalue weighted by Gasteiger charge is 2.20. The summed E-state index contributed by atoms with van der Waals surface area (Å²) < 4.78 is 1.60. The Morgan fingerprint density at radius 2 is 0.857 bits per heavy atom. The van der Waals surface area contributed by atoms with E-state index in [9.17, 15) is 15.8 Å². The fourth-order valence-corrected chi connectivity index (χ4v) is 6.11. The van der Waals surface area contributed by atoms with Crippen LogP contribution in [-0.4, -0.2) is 4.57 Å². The molecule has 6 aromatic carbocycles. The summed E-state index contributed by atoms with van der Waals surface area (Å²) in [5.41, 5.74) is 7.91. The molecule has 8 nitrogen and oxygen atoms in total. The SMILES string of the molecule is [C-]#[N+]c1cccc(N(c2cccc(C#N)c2)c2ccc3c(c2)c2cc(N(c4cccc(C#N)c4)c4cccc([N+]#[C-])c4)ccc2n3C#N)c1. The van der Waals surface area contributed by atoms with Crippen LogP contribution in [0.2, 0.25) is 0 Å². The van der Waals surface area contributed by atoms with Gasteiger partial charge in [-0.05, 0) is 97.1 Å². The monoisotopic (exact) mass is 626 g/mol. The van der Waals surface area contributed by atoms with Gasteiger partial charge in [0.2, 0.25) is 0 Å². The molecule has 7 rings (SSSR count). The first-order valence-electron chi connectivity index (χ1n) is 15.1. The number of nitrogens with zero attached hydrogens (tertiary/aromatic N) is 8. The first-order chi connectivity index (χ1) is 24.0. The van der Waals surface area contributed by atoms with E-state index < -0.39 is 0 Å². The van der Waals surface area contributed by atoms with E-state index >= 15 is 0 Å². The molecule has 0 atom stereocenters. The van der Waals surface area contributed by atoms with Gasteiger partial charge in [0, 0.05) is 44.9 Å². The first kappa shape index (κ1) is 29.9. The van der Waals surface area contributed by atoms with E-state index in [0.717, 1.165) is 44.9 Å². The van der Waals surface area contributed by atoms with Crippen LogP contribution in [0.1, 0.15) is 11.1 Å². The van der Waals surface area contributed by atoms with Gasteiger partial charge in [0.1, 0.15) is 0 Å². The molecule has 0 fully saturated rings. The highest BCUT2D eigenvalue weighted by Crippen LogP contribution is 2.42. The van der Waals surface area contributed by atoms with Gasteiger partial charge < -0.3 is 9.80 Å². The van der Waals surface area contributed by atoms with Crippen LogP contribution in [0.15, 0.2) is 133 Å². The van der Waals surface area contributed by atoms with Crippen LogP contribution in [0.3, 0.4) is 0 Å². The second kappa shape index (κ2) is 12.5. The predicted octanol–water partition coefficient (Wildman–Crippen LogP) is 10.9. The van der Waals surface area contributed by atoms with Crippen LogP contribution in [0, 0.1) is 47.3 Å². The number of aromatic nitrogens is 1. The molecule has 0 amide bonds. The second-order valence-corrected chi connectivity index (χ2v) is 11.1. The molecule has 8 heteroatoms. The molecular formula is C41H22N8. The molecule has 1 heterocycles. The van der Waals surface area contributed by atoms with Crippen molar-refractivity contribution in [1.29, 1.82) is 15.8 Å². The minimum atomic E-state index is 0.480. The van der Waals surface area contributed by atoms with Gasteiger partial charge in [0.15, 0.2) is 17.6 Å². The van der Waals surface area contributed by atoms with E-state index in [1.165, 1.54) is 0 Å². The maximum Gasteiger partial charge on any atom is 0.189 e. The van der Waals surface area contributed by atoms with Crippen molar-refractivity contribution in [1.82, 2.24) is 4.57 Å². The van der Waals surface area contributed by atoms with E-state index in [2.05, 4.69) is 28.0 Å². The summed E-state index contributed by atoms with van der Waals surface area (Å²) >= 11 is 0. The summed E-state index contributed by atoms with van der Waals surface area (Å²) in [6, 6.07) is 45.3. The summed E-state index contributed by atoms with van der Waals surface area (Å²) in [6.45, 7) is 15.2. The molecule has 0 unspecified atom stereocenters. The third kappa shape index (κ3) is 5.39. The molecule has 0 radical (unpaired) electrons. The molecule has 0 aliphatic rings. The van der Waals surface area contributed by atoms with Gasteiger partial charge in [-0.15, -0.1) is 0 Å². The van der Waals surface area contributed by atoms with E-state index in [4.69, 9.17) is 13.1 Å². The standard InChI is InChI=1S/C41H22N8/c1-45-30-9-5-13-34(21-30)48(32-11-3-7-28(19-32)25-42)36-15-17-40-38(23-36)39-24-37(16-18-41(39)47(40)27-44)49(33-12-4-8-29(20-33)26-43)35-14-6-10-31(22-35)46-2/h3-24H. The van der Waals surface area contributed by atoms with Crippen molar-refractivity contribution < 1.29 is 0 Å². The Morgan fingerprint density at radius 1 is 0.469 bits per heavy atom. The zero-order valence-corrected chi connectivity index (χ0v) is 25.8. The van der Waals surface area contributed by atoms with Crippen molar-refractivity contribution in [2.24, 2.45) is 0 Å². The number of fused-ring (bicyclic) bond motifs is 3. The summed E-state index contributed by atoms with van der Waals surface area (Å²) in [7, 11) is 0. The van der Waals surface area contributed by atoms with Crippen molar-refractivity contribution >= 4 is 67.3 Å². The summed E-state index contributed by atoms with van der Waals surface area (Å²) in [4.78, 5) is 11.2. The van der Waals surface area contributed by atoms with Crippen molar-refractivity contribution in [3.05, 3.63) is 167 Å². The number of rotatable bonds is 6. The number of hydrogen-bond donors (Lipinski definition) is 0. The van der Waals surface area contributed by atoms with Gasteiger partial charge >= 0.3 is 0 Å². The molecule has 0 N–H and O–H groups in total. The van der Waals surface area contributed by atoms with Crippen molar-refractivity contribution in [2.75, 3.05) is 9.80 Å². The fourth-order valence-electron chi connectivity index (χ4n) is 6.11. The highest BCUT2D eigenvalue weighted by molar-refractivity contribution is 6.11. The smallest absolute Gasteiger partial charge is 0.189 e. The molecule has 0 aliphatic heterocycles. The molecule has 0 saturated heterocycles. The number of hydrogen-bond acceptors (Lipinski definition) is 5. The Balaban J connectivity index is 1.48. The highest BCUT2D eigenvalue weighted by atomic mass is 15.2. The van der Waals surface area contributed by atoms with Crippen LogP contribution in [0.5, 0.6) is 0 Å². The Bertz CT molecular complexity index is 2360. The van der Waals surface area contributed by atoms with Gasteiger partial charge in [-0.25, -0.2) is 14.3 Å². The number of anilines is 6. The Hall–Kier alpha value is -7.83. The topological polar surface area (TPSA) is 91.5 Å². The number of nitriles is 3. The van der Waals surface area contributed by atoms with E-state index in [1.54, 1.807) is 53.1 Å². The maximum absolute atomic E-state index is 10.3. The molecule has 0 spiro atoms. The summed E-state index contributed by atoms with van der Waals surface area (Å²) in [6.07, 6.45) is 2.33. The lowest BCUT2D eigenvalue weighted by atomic mass is 10.1. The largest absolute Gasteiger partial charge is 0.312 e. The molecule has 0 saturated carbocycles. The second-order valence-electron chi connectivity index (χ2n) is 11.1. The van der Waals surface area contributed by atoms with Crippen LogP contribution >= 0.6 is 0 Å². The third-order valence-corrected chi connectivity index (χ3v) is 8.25. The van der Waals surface area contributed by atoms with Crippen LogP contribution in [0.4, 0.5) is 45.5 Å². The zero-order chi connectivity index (χ0) is 33.9. The summed E-state index contributed by atoms with van der Waals surface area (Å²) in [5.74, 6) is 0. The van der Waals surface area contributed by atoms with E-state index in [0.29, 0.717) is 33.5 Å². The van der Waals surface area contributed by atoms with Crippen molar-refractivity contribution in [3.63, 3.8) is 0 Å². The third-order valence-electron chi connectivity index (χ3n) is 8.25. The molecule has 226 valence electrons. The minimum absolute atomic E-state index is 0.480. The van der Waals surface area contributed by atoms with Crippen LogP contribution < -0.4 is 9.80 Å². The Kier molecular flexibility index (Phi) is 7.63. The van der Waals surface area contributed by atoms with Gasteiger partial charge in [0.25, 0.3) is 0 Å². The molecule has 0 bridgehead atoms. The Morgan fingerprint density at radius 3 is 1.24 bits per heavy atom. The lowest BCUT2D eigenvalue weighted by Crippen LogP contribution is -2.10. The average Bonchev–Trinajstić information content (AvgIpc) is 3.47. The Labute approximate surface area is 282 Å². The van der Waals surface area contributed by atoms with Crippen LogP contribution in [0.25, 0.3) is 31.5 Å². The van der Waals surface area contributed by atoms with Gasteiger partial charge in [-0.3, -0.25) is 0 Å². The molecule has 7 aromatic rings. The first-order valence-corrected chi connectivity index (χ1v) is 15.1. The fraction of sp³-hybridized carbons (Fsp3) is 0. The molecular weight excluding hydrogens is 605 g/mol. The quantitative estimate of drug-likeness (QED) is 0.171. The van der Waals surface area contributed by atoms with Gasteiger partial charge in [-0.1, -0.05) is 36.4 Å². The molecule has 1 aromatic heterocycles. The van der Waals surface area contributed by atoms with Gasteiger partial charge in [-0.2, -0.15) is 15.8 Å². The minimum Gasteiger partial charge on any atom is -0.312 e. The zero-order valence-electron chi connectivity index (χ0n) is 25.8. The maximum atomic E-state index is 10.3. The lowest BCUT2D eigenvalue weighted by molar-refractivity contribution is 1.20. The number of benzene rings is 6. The van der Waals surface area contributed by atoms with Crippen LogP contribution in [-0.2, 0) is 0 Å². The van der Waals surface area contributed by atoms with Gasteiger partial charge in [0.05, 0.1) is 47.4 Å². The normalized spacial score (nSPS) is 10.3. The lowest BCUT2D eigenvalue weighted by Gasteiger charge is -2.26.